The predicted octanol–water partition coefficient (Wildman–Crippen LogP) is 3.24. The summed E-state index contributed by atoms with van der Waals surface area (Å²) in [4.78, 5) is 38.9. The number of hydrogen-bond donors (Lipinski definition) is 3. The first-order valence-electron chi connectivity index (χ1n) is 14.9. The van der Waals surface area contributed by atoms with Gasteiger partial charge in [0.15, 0.2) is 5.78 Å². The molecule has 9 nitrogen and oxygen atoms in total. The number of rotatable bonds is 10. The Labute approximate surface area is 293 Å². The van der Waals surface area contributed by atoms with Gasteiger partial charge in [0.1, 0.15) is 0 Å². The maximum atomic E-state index is 11.7. The summed E-state index contributed by atoms with van der Waals surface area (Å²) >= 11 is 0. The number of nitrogens with one attached hydrogen (secondary N) is 1. The summed E-state index contributed by atoms with van der Waals surface area (Å²) in [5.74, 6) is 1.44. The van der Waals surface area contributed by atoms with E-state index in [0.29, 0.717) is 25.1 Å². The standard InChI is InChI=1S/C10H19N2O.C9H16BNO3.C8H17NO.C2H5.HI.Y/c1-3-9-6-10(12(2)7-9)4-5-11-8-13;1-4-7-5-8(6(2)12)11(9(7)13)10(3)14;1-3-7-4-8(6-10)9(2)5-7;1-2;;/h9-10H,3-7H2,1-2H3,(H,11,13);7-8,14H,4-5H2,1-3H3;7-8,10H,3-6H2,1-2H3;1H2,2H3;1H;/q-1;;;-1;;/t9-,10-;2*7-,8+;;;/m111.../s1. The van der Waals surface area contributed by atoms with Crippen LogP contribution in [0.4, 0.5) is 0 Å². The minimum absolute atomic E-state index is 0. The maximum Gasteiger partial charge on any atom is 0.412 e. The molecule has 0 aromatic carbocycles. The van der Waals surface area contributed by atoms with E-state index in [4.69, 9.17) is 5.11 Å². The van der Waals surface area contributed by atoms with E-state index in [9.17, 15) is 19.4 Å². The van der Waals surface area contributed by atoms with Gasteiger partial charge in [0.05, 0.1) is 12.6 Å². The Bertz CT molecular complexity index is 712. The summed E-state index contributed by atoms with van der Waals surface area (Å²) in [5, 5.41) is 20.9. The Morgan fingerprint density at radius 1 is 1.02 bits per heavy atom. The molecule has 0 spiro atoms. The third kappa shape index (κ3) is 15.8. The average molecular weight is 769 g/mol. The summed E-state index contributed by atoms with van der Waals surface area (Å²) in [7, 11) is 3.40. The number of aliphatic hydroxyl groups is 1. The van der Waals surface area contributed by atoms with Crippen LogP contribution in [0.2, 0.25) is 6.82 Å². The van der Waals surface area contributed by atoms with Crippen LogP contribution in [-0.2, 0) is 47.1 Å². The third-order valence-electron chi connectivity index (χ3n) is 8.40. The van der Waals surface area contributed by atoms with Crippen molar-refractivity contribution < 1.29 is 57.2 Å². The van der Waals surface area contributed by atoms with E-state index in [2.05, 4.69) is 50.0 Å². The van der Waals surface area contributed by atoms with Gasteiger partial charge in [0.2, 0.25) is 5.91 Å². The fourth-order valence-electron chi connectivity index (χ4n) is 5.82. The number of Topliss-reactive ketones (excluding diaryl/α,β-unsaturated/α-hetero) is 1. The van der Waals surface area contributed by atoms with E-state index in [1.165, 1.54) is 57.3 Å². The predicted molar refractivity (Wildman–Crippen MR) is 175 cm³/mol. The van der Waals surface area contributed by atoms with Gasteiger partial charge in [-0.1, -0.05) is 33.6 Å². The molecule has 12 heteroatoms. The van der Waals surface area contributed by atoms with E-state index in [-0.39, 0.29) is 74.3 Å². The van der Waals surface area contributed by atoms with Gasteiger partial charge >= 0.3 is 7.05 Å². The van der Waals surface area contributed by atoms with Crippen LogP contribution in [-0.4, -0.2) is 108 Å². The van der Waals surface area contributed by atoms with E-state index in [1.54, 1.807) is 13.3 Å². The molecule has 239 valence electrons. The first kappa shape index (κ1) is 45.8. The molecular weight excluding hydrogens is 711 g/mol. The third-order valence-corrected chi connectivity index (χ3v) is 8.40. The molecule has 1 radical (unpaired) electrons. The van der Waals surface area contributed by atoms with Crippen LogP contribution < -0.4 is 5.32 Å². The van der Waals surface area contributed by atoms with Gasteiger partial charge in [-0.05, 0) is 78.3 Å². The molecular formula is C29H58BIN4O5Y-2. The second-order valence-corrected chi connectivity index (χ2v) is 11.1. The molecule has 0 unspecified atom stereocenters. The van der Waals surface area contributed by atoms with Crippen molar-refractivity contribution in [3.8, 4) is 0 Å². The molecule has 3 heterocycles. The van der Waals surface area contributed by atoms with Crippen LogP contribution in [0.15, 0.2) is 0 Å². The summed E-state index contributed by atoms with van der Waals surface area (Å²) in [6, 6.07) is 0.670. The fourth-order valence-corrected chi connectivity index (χ4v) is 5.82. The van der Waals surface area contributed by atoms with Crippen LogP contribution in [0, 0.1) is 24.7 Å². The number of carbonyl (C=O) groups excluding carboxylic acids is 3. The molecule has 0 aliphatic carbocycles. The molecule has 3 aliphatic heterocycles. The smallest absolute Gasteiger partial charge is 0.412 e. The van der Waals surface area contributed by atoms with Gasteiger partial charge in [-0.3, -0.25) is 9.59 Å². The summed E-state index contributed by atoms with van der Waals surface area (Å²) in [5.41, 5.74) is 0. The van der Waals surface area contributed by atoms with Gasteiger partial charge in [0.25, 0.3) is 0 Å². The van der Waals surface area contributed by atoms with Gasteiger partial charge in [0, 0.05) is 63.8 Å². The minimum Gasteiger partial charge on any atom is -0.530 e. The van der Waals surface area contributed by atoms with Crippen LogP contribution in [0.3, 0.4) is 0 Å². The van der Waals surface area contributed by atoms with Crippen LogP contribution in [0.1, 0.15) is 79.6 Å². The average Bonchev–Trinajstić information content (AvgIpc) is 3.59. The van der Waals surface area contributed by atoms with E-state index in [0.717, 1.165) is 31.2 Å². The van der Waals surface area contributed by atoms with Crippen molar-refractivity contribution >= 4 is 49.1 Å². The van der Waals surface area contributed by atoms with Crippen molar-refractivity contribution in [3.63, 3.8) is 0 Å². The zero-order chi connectivity index (χ0) is 30.1. The Balaban J connectivity index is -0.000000506. The largest absolute Gasteiger partial charge is 0.530 e. The minimum atomic E-state index is -0.868. The monoisotopic (exact) mass is 769 g/mol. The number of halogens is 1. The number of aliphatic hydroxyl groups excluding tert-OH is 1. The Morgan fingerprint density at radius 3 is 1.83 bits per heavy atom. The fraction of sp³-hybridized carbons (Fsp3) is 0.862. The van der Waals surface area contributed by atoms with Crippen LogP contribution in [0.5, 0.6) is 0 Å². The van der Waals surface area contributed by atoms with E-state index >= 15 is 0 Å². The molecule has 41 heavy (non-hydrogen) atoms. The SMILES string of the molecule is CC[C@@H]1C[C@@H](C(C)=O)N(B(C)O)C1=O.CC[C@@H]1C[C@@H](CCN[C-]=O)N(C)C1.CC[C@@H]1C[C@@H](CO)N(C)C1.I.[CH2-]C.[Y]. The molecule has 3 saturated heterocycles. The molecule has 3 fully saturated rings. The van der Waals surface area contributed by atoms with Crippen molar-refractivity contribution in [1.29, 1.82) is 0 Å². The zero-order valence-electron chi connectivity index (χ0n) is 27.0. The quantitative estimate of drug-likeness (QED) is 0.103. The van der Waals surface area contributed by atoms with Gasteiger partial charge < -0.3 is 41.8 Å². The first-order valence-corrected chi connectivity index (χ1v) is 14.9. The number of ketones is 1. The Hall–Kier alpha value is 0.349. The molecule has 3 rings (SSSR count). The van der Waals surface area contributed by atoms with Crippen LogP contribution in [0.25, 0.3) is 0 Å². The summed E-state index contributed by atoms with van der Waals surface area (Å²) in [6.07, 6.45) is 9.04. The molecule has 0 bridgehead atoms. The van der Waals surface area contributed by atoms with Gasteiger partial charge in [-0.15, -0.1) is 24.0 Å². The molecule has 0 saturated carbocycles. The van der Waals surface area contributed by atoms with Crippen LogP contribution >= 0.6 is 24.0 Å². The van der Waals surface area contributed by atoms with E-state index < -0.39 is 13.1 Å². The molecule has 2 amide bonds. The Morgan fingerprint density at radius 2 is 1.51 bits per heavy atom. The number of likely N-dealkylation sites (N-methyl/N-ethyl adjacent to an activating group) is 1. The number of carbonyl (C=O) groups is 2. The van der Waals surface area contributed by atoms with Gasteiger partial charge in [-0.25, -0.2) is 0 Å². The van der Waals surface area contributed by atoms with Gasteiger partial charge in [-0.2, -0.15) is 13.3 Å². The van der Waals surface area contributed by atoms with Crippen molar-refractivity contribution in [2.75, 3.05) is 40.3 Å². The number of hydrogen-bond acceptors (Lipinski definition) is 7. The molecule has 3 N–H and O–H groups in total. The zero-order valence-corrected chi connectivity index (χ0v) is 32.1. The molecule has 3 aliphatic rings. The Kier molecular flexibility index (Phi) is 28.6. The number of nitrogens with zero attached hydrogens (tertiary/aromatic N) is 3. The van der Waals surface area contributed by atoms with Crippen molar-refractivity contribution in [1.82, 2.24) is 19.9 Å². The van der Waals surface area contributed by atoms with E-state index in [1.807, 2.05) is 6.92 Å². The molecule has 6 atom stereocenters. The van der Waals surface area contributed by atoms with Crippen molar-refractivity contribution in [3.05, 3.63) is 6.92 Å². The van der Waals surface area contributed by atoms with Crippen molar-refractivity contribution in [2.24, 2.45) is 17.8 Å². The second kappa shape index (κ2) is 25.7. The molecule has 0 aromatic rings. The van der Waals surface area contributed by atoms with Crippen molar-refractivity contribution in [2.45, 2.75) is 105 Å². The number of likely N-dealkylation sites (tertiary alicyclic amines) is 2. The molecule has 0 aromatic heterocycles. The summed E-state index contributed by atoms with van der Waals surface area (Å²) in [6.45, 7) is 17.8. The normalized spacial score (nSPS) is 27.1. The first-order chi connectivity index (χ1) is 18.5. The topological polar surface area (TPSA) is 113 Å². The maximum absolute atomic E-state index is 11.7. The number of amides is 2. The summed E-state index contributed by atoms with van der Waals surface area (Å²) < 4.78 is 0. The second-order valence-electron chi connectivity index (χ2n) is 11.1.